The number of carbonyl (C=O) groups is 1. The summed E-state index contributed by atoms with van der Waals surface area (Å²) in [6.45, 7) is 4.98. The molecule has 6 heteroatoms. The van der Waals surface area contributed by atoms with E-state index in [2.05, 4.69) is 21.7 Å². The van der Waals surface area contributed by atoms with E-state index in [0.29, 0.717) is 18.9 Å². The fraction of sp³-hybridized carbons (Fsp3) is 0.556. The van der Waals surface area contributed by atoms with Crippen LogP contribution in [0.25, 0.3) is 0 Å². The van der Waals surface area contributed by atoms with E-state index < -0.39 is 0 Å². The lowest BCUT2D eigenvalue weighted by Crippen LogP contribution is -2.42. The number of hydrogen-bond acceptors (Lipinski definition) is 3. The molecular weight excluding hydrogens is 326 g/mol. The van der Waals surface area contributed by atoms with Crippen LogP contribution in [0.5, 0.6) is 0 Å². The summed E-state index contributed by atoms with van der Waals surface area (Å²) in [7, 11) is 1.72. The van der Waals surface area contributed by atoms with E-state index in [1.807, 2.05) is 32.0 Å². The summed E-state index contributed by atoms with van der Waals surface area (Å²) >= 11 is 6.10. The predicted molar refractivity (Wildman–Crippen MR) is 97.6 cm³/mol. The van der Waals surface area contributed by atoms with Gasteiger partial charge in [0.1, 0.15) is 0 Å². The second-order valence-corrected chi connectivity index (χ2v) is 6.87. The van der Waals surface area contributed by atoms with E-state index in [0.717, 1.165) is 24.4 Å². The summed E-state index contributed by atoms with van der Waals surface area (Å²) in [5, 5.41) is 7.27. The molecule has 132 valence electrons. The highest BCUT2D eigenvalue weighted by Crippen LogP contribution is 2.48. The Morgan fingerprint density at radius 1 is 1.38 bits per heavy atom. The van der Waals surface area contributed by atoms with Crippen molar-refractivity contribution in [2.24, 2.45) is 4.99 Å². The molecule has 0 amide bonds. The zero-order valence-electron chi connectivity index (χ0n) is 14.6. The number of aliphatic imine (C=N–C) groups is 1. The highest BCUT2D eigenvalue weighted by Gasteiger charge is 2.44. The van der Waals surface area contributed by atoms with Crippen molar-refractivity contribution in [3.8, 4) is 0 Å². The van der Waals surface area contributed by atoms with Gasteiger partial charge in [0.05, 0.1) is 12.5 Å². The molecule has 0 bridgehead atoms. The molecule has 0 atom stereocenters. The third kappa shape index (κ3) is 5.41. The van der Waals surface area contributed by atoms with Crippen molar-refractivity contribution in [2.75, 3.05) is 20.1 Å². The van der Waals surface area contributed by atoms with Crippen LogP contribution < -0.4 is 10.6 Å². The van der Waals surface area contributed by atoms with Crippen LogP contribution >= 0.6 is 11.6 Å². The van der Waals surface area contributed by atoms with Crippen LogP contribution in [-0.2, 0) is 14.9 Å². The summed E-state index contributed by atoms with van der Waals surface area (Å²) in [4.78, 5) is 15.7. The van der Waals surface area contributed by atoms with Crippen molar-refractivity contribution < 1.29 is 9.53 Å². The van der Waals surface area contributed by atoms with Gasteiger partial charge in [-0.15, -0.1) is 0 Å². The van der Waals surface area contributed by atoms with Crippen LogP contribution in [0.3, 0.4) is 0 Å². The summed E-state index contributed by atoms with van der Waals surface area (Å²) < 4.78 is 5.11. The molecule has 0 unspecified atom stereocenters. The molecule has 1 aliphatic rings. The van der Waals surface area contributed by atoms with Crippen molar-refractivity contribution in [1.82, 2.24) is 10.6 Å². The summed E-state index contributed by atoms with van der Waals surface area (Å²) in [5.41, 5.74) is 1.40. The van der Waals surface area contributed by atoms with Crippen LogP contribution in [0.4, 0.5) is 0 Å². The van der Waals surface area contributed by atoms with Gasteiger partial charge in [-0.3, -0.25) is 9.79 Å². The third-order valence-corrected chi connectivity index (χ3v) is 4.33. The van der Waals surface area contributed by atoms with Crippen LogP contribution in [0.1, 0.15) is 38.7 Å². The molecule has 0 spiro atoms. The molecule has 0 heterocycles. The minimum Gasteiger partial charge on any atom is -0.463 e. The average molecular weight is 352 g/mol. The van der Waals surface area contributed by atoms with Gasteiger partial charge in [-0.05, 0) is 44.4 Å². The lowest BCUT2D eigenvalue weighted by Gasteiger charge is -2.19. The second kappa shape index (κ2) is 8.38. The standard InChI is InChI=1S/C18H26ClN3O2/c1-13(2)24-16(23)7-10-21-17(20-3)22-12-18(8-9-18)14-5-4-6-15(19)11-14/h4-6,11,13H,7-10,12H2,1-3H3,(H2,20,21,22). The lowest BCUT2D eigenvalue weighted by atomic mass is 9.96. The summed E-state index contributed by atoms with van der Waals surface area (Å²) in [5.74, 6) is 0.492. The molecule has 0 radical (unpaired) electrons. The number of rotatable bonds is 7. The van der Waals surface area contributed by atoms with E-state index in [9.17, 15) is 4.79 Å². The number of carbonyl (C=O) groups excluding carboxylic acids is 1. The maximum absolute atomic E-state index is 11.5. The molecule has 1 aliphatic carbocycles. The minimum atomic E-state index is -0.203. The number of nitrogens with zero attached hydrogens (tertiary/aromatic N) is 1. The van der Waals surface area contributed by atoms with Gasteiger partial charge in [0, 0.05) is 30.6 Å². The van der Waals surface area contributed by atoms with Crippen molar-refractivity contribution >= 4 is 23.5 Å². The number of ether oxygens (including phenoxy) is 1. The largest absolute Gasteiger partial charge is 0.463 e. The Labute approximate surface area is 148 Å². The molecule has 1 saturated carbocycles. The Kier molecular flexibility index (Phi) is 6.49. The zero-order chi connectivity index (χ0) is 17.6. The molecule has 2 N–H and O–H groups in total. The molecule has 0 aliphatic heterocycles. The fourth-order valence-corrected chi connectivity index (χ4v) is 2.81. The molecular formula is C18H26ClN3O2. The number of hydrogen-bond donors (Lipinski definition) is 2. The topological polar surface area (TPSA) is 62.7 Å². The van der Waals surface area contributed by atoms with Gasteiger partial charge in [0.25, 0.3) is 0 Å². The smallest absolute Gasteiger partial charge is 0.307 e. The fourth-order valence-electron chi connectivity index (χ4n) is 2.62. The highest BCUT2D eigenvalue weighted by molar-refractivity contribution is 6.30. The van der Waals surface area contributed by atoms with Crippen molar-refractivity contribution in [3.63, 3.8) is 0 Å². The maximum Gasteiger partial charge on any atom is 0.307 e. The Balaban J connectivity index is 1.79. The molecule has 5 nitrogen and oxygen atoms in total. The normalized spacial score (nSPS) is 16.0. The number of guanidine groups is 1. The van der Waals surface area contributed by atoms with Crippen molar-refractivity contribution in [2.45, 2.75) is 44.6 Å². The Morgan fingerprint density at radius 3 is 2.71 bits per heavy atom. The molecule has 0 saturated heterocycles. The van der Waals surface area contributed by atoms with Crippen LogP contribution in [0.15, 0.2) is 29.3 Å². The second-order valence-electron chi connectivity index (χ2n) is 6.43. The van der Waals surface area contributed by atoms with E-state index in [-0.39, 0.29) is 17.5 Å². The summed E-state index contributed by atoms with van der Waals surface area (Å²) in [6.07, 6.45) is 2.51. The van der Waals surface area contributed by atoms with Gasteiger partial charge >= 0.3 is 5.97 Å². The lowest BCUT2D eigenvalue weighted by molar-refractivity contribution is -0.147. The number of benzene rings is 1. The first kappa shape index (κ1) is 18.6. The van der Waals surface area contributed by atoms with Crippen LogP contribution in [-0.4, -0.2) is 38.2 Å². The monoisotopic (exact) mass is 351 g/mol. The number of halogens is 1. The quantitative estimate of drug-likeness (QED) is 0.450. The van der Waals surface area contributed by atoms with Gasteiger partial charge in [0.2, 0.25) is 0 Å². The Bertz CT molecular complexity index is 598. The number of nitrogens with one attached hydrogen (secondary N) is 2. The van der Waals surface area contributed by atoms with E-state index in [1.54, 1.807) is 7.05 Å². The first-order valence-corrected chi connectivity index (χ1v) is 8.73. The number of esters is 1. The van der Waals surface area contributed by atoms with Crippen molar-refractivity contribution in [3.05, 3.63) is 34.9 Å². The Hall–Kier alpha value is -1.75. The first-order chi connectivity index (χ1) is 11.4. The van der Waals surface area contributed by atoms with E-state index >= 15 is 0 Å². The molecule has 1 aromatic rings. The van der Waals surface area contributed by atoms with Gasteiger partial charge in [0.15, 0.2) is 5.96 Å². The van der Waals surface area contributed by atoms with Crippen LogP contribution in [0, 0.1) is 0 Å². The third-order valence-electron chi connectivity index (χ3n) is 4.10. The molecule has 1 fully saturated rings. The highest BCUT2D eigenvalue weighted by atomic mass is 35.5. The van der Waals surface area contributed by atoms with Gasteiger partial charge in [-0.25, -0.2) is 0 Å². The molecule has 24 heavy (non-hydrogen) atoms. The van der Waals surface area contributed by atoms with Gasteiger partial charge in [-0.1, -0.05) is 23.7 Å². The first-order valence-electron chi connectivity index (χ1n) is 8.35. The Morgan fingerprint density at radius 2 is 2.12 bits per heavy atom. The SMILES string of the molecule is CN=C(NCCC(=O)OC(C)C)NCC1(c2cccc(Cl)c2)CC1. The molecule has 1 aromatic carbocycles. The molecule has 2 rings (SSSR count). The maximum atomic E-state index is 11.5. The summed E-state index contributed by atoms with van der Waals surface area (Å²) in [6, 6.07) is 8.05. The van der Waals surface area contributed by atoms with Crippen LogP contribution in [0.2, 0.25) is 5.02 Å². The minimum absolute atomic E-state index is 0.0811. The van der Waals surface area contributed by atoms with Gasteiger partial charge in [-0.2, -0.15) is 0 Å². The van der Waals surface area contributed by atoms with Crippen molar-refractivity contribution in [1.29, 1.82) is 0 Å². The van der Waals surface area contributed by atoms with E-state index in [1.165, 1.54) is 5.56 Å². The molecule has 0 aromatic heterocycles. The van der Waals surface area contributed by atoms with E-state index in [4.69, 9.17) is 16.3 Å². The predicted octanol–water partition coefficient (Wildman–Crippen LogP) is 2.88. The average Bonchev–Trinajstić information content (AvgIpc) is 3.31. The van der Waals surface area contributed by atoms with Gasteiger partial charge < -0.3 is 15.4 Å². The zero-order valence-corrected chi connectivity index (χ0v) is 15.3.